The van der Waals surface area contributed by atoms with Crippen molar-refractivity contribution < 1.29 is 14.6 Å². The van der Waals surface area contributed by atoms with E-state index in [0.29, 0.717) is 24.6 Å². The molecule has 1 fully saturated rings. The van der Waals surface area contributed by atoms with Crippen molar-refractivity contribution in [1.82, 2.24) is 4.90 Å². The Labute approximate surface area is 120 Å². The van der Waals surface area contributed by atoms with Gasteiger partial charge in [-0.2, -0.15) is 0 Å². The lowest BCUT2D eigenvalue weighted by molar-refractivity contribution is 0.0594. The molecular formula is C16H23NO3. The lowest BCUT2D eigenvalue weighted by atomic mass is 10.1. The first kappa shape index (κ1) is 14.9. The largest absolute Gasteiger partial charge is 0.508 e. The zero-order valence-electron chi connectivity index (χ0n) is 12.4. The third-order valence-corrected chi connectivity index (χ3v) is 4.05. The van der Waals surface area contributed by atoms with Crippen molar-refractivity contribution in [3.63, 3.8) is 0 Å². The fraction of sp³-hybridized carbons (Fsp3) is 0.562. The van der Waals surface area contributed by atoms with Crippen LogP contribution in [0.2, 0.25) is 0 Å². The van der Waals surface area contributed by atoms with Crippen molar-refractivity contribution in [1.29, 1.82) is 0 Å². The highest BCUT2D eigenvalue weighted by Crippen LogP contribution is 2.35. The molecule has 20 heavy (non-hydrogen) atoms. The third kappa shape index (κ3) is 3.31. The van der Waals surface area contributed by atoms with E-state index in [0.717, 1.165) is 5.56 Å². The van der Waals surface area contributed by atoms with Crippen molar-refractivity contribution in [2.45, 2.75) is 32.7 Å². The summed E-state index contributed by atoms with van der Waals surface area (Å²) < 4.78 is 5.11. The molecule has 0 aromatic heterocycles. The lowest BCUT2D eigenvalue weighted by Gasteiger charge is -2.29. The van der Waals surface area contributed by atoms with E-state index in [4.69, 9.17) is 4.74 Å². The number of phenolic OH excluding ortho intramolecular Hbond substituents is 1. The van der Waals surface area contributed by atoms with Crippen LogP contribution in [0, 0.1) is 12.8 Å². The van der Waals surface area contributed by atoms with Crippen LogP contribution >= 0.6 is 0 Å². The predicted molar refractivity (Wildman–Crippen MR) is 77.9 cm³/mol. The highest BCUT2D eigenvalue weighted by molar-refractivity contribution is 5.95. The van der Waals surface area contributed by atoms with Crippen LogP contribution in [0.15, 0.2) is 18.2 Å². The van der Waals surface area contributed by atoms with Crippen LogP contribution < -0.4 is 0 Å². The number of amides is 1. The van der Waals surface area contributed by atoms with Gasteiger partial charge >= 0.3 is 0 Å². The lowest BCUT2D eigenvalue weighted by Crippen LogP contribution is -2.42. The van der Waals surface area contributed by atoms with Gasteiger partial charge in [0.15, 0.2) is 0 Å². The van der Waals surface area contributed by atoms with Gasteiger partial charge in [0.2, 0.25) is 0 Å². The number of aromatic hydroxyl groups is 1. The van der Waals surface area contributed by atoms with E-state index in [-0.39, 0.29) is 17.7 Å². The molecule has 1 aliphatic carbocycles. The van der Waals surface area contributed by atoms with E-state index in [1.165, 1.54) is 12.8 Å². The molecule has 0 heterocycles. The highest BCUT2D eigenvalue weighted by atomic mass is 16.5. The van der Waals surface area contributed by atoms with E-state index in [1.54, 1.807) is 25.3 Å². The van der Waals surface area contributed by atoms with Gasteiger partial charge in [-0.05, 0) is 50.3 Å². The number of rotatable bonds is 6. The zero-order valence-corrected chi connectivity index (χ0v) is 12.4. The fourth-order valence-electron chi connectivity index (χ4n) is 2.42. The van der Waals surface area contributed by atoms with Crippen LogP contribution in [0.25, 0.3) is 0 Å². The fourth-order valence-corrected chi connectivity index (χ4v) is 2.42. The van der Waals surface area contributed by atoms with Crippen LogP contribution in [0.1, 0.15) is 35.7 Å². The summed E-state index contributed by atoms with van der Waals surface area (Å²) in [5, 5.41) is 9.77. The molecule has 1 aliphatic rings. The molecule has 1 atom stereocenters. The summed E-state index contributed by atoms with van der Waals surface area (Å²) in [5.74, 6) is 0.744. The minimum Gasteiger partial charge on any atom is -0.508 e. The molecule has 1 N–H and O–H groups in total. The molecule has 0 aliphatic heterocycles. The van der Waals surface area contributed by atoms with Crippen molar-refractivity contribution in [3.8, 4) is 5.75 Å². The Morgan fingerprint density at radius 3 is 2.75 bits per heavy atom. The number of hydrogen-bond donors (Lipinski definition) is 1. The Morgan fingerprint density at radius 1 is 1.50 bits per heavy atom. The molecule has 4 nitrogen and oxygen atoms in total. The molecule has 1 amide bonds. The first-order chi connectivity index (χ1) is 9.54. The molecule has 1 saturated carbocycles. The maximum absolute atomic E-state index is 12.6. The van der Waals surface area contributed by atoms with Crippen LogP contribution in [-0.4, -0.2) is 42.2 Å². The molecule has 1 aromatic carbocycles. The number of hydrogen-bond acceptors (Lipinski definition) is 3. The Hall–Kier alpha value is -1.55. The Bertz CT molecular complexity index is 483. The van der Waals surface area contributed by atoms with Crippen LogP contribution in [0.5, 0.6) is 5.75 Å². The number of phenols is 1. The Morgan fingerprint density at radius 2 is 2.20 bits per heavy atom. The van der Waals surface area contributed by atoms with Gasteiger partial charge in [0.25, 0.3) is 5.91 Å². The summed E-state index contributed by atoms with van der Waals surface area (Å²) in [6, 6.07) is 5.33. The average molecular weight is 277 g/mol. The average Bonchev–Trinajstić information content (AvgIpc) is 3.26. The first-order valence-electron chi connectivity index (χ1n) is 7.14. The summed E-state index contributed by atoms with van der Waals surface area (Å²) in [6.07, 6.45) is 2.38. The van der Waals surface area contributed by atoms with Crippen molar-refractivity contribution >= 4 is 5.91 Å². The molecule has 0 radical (unpaired) electrons. The highest BCUT2D eigenvalue weighted by Gasteiger charge is 2.34. The zero-order chi connectivity index (χ0) is 14.7. The van der Waals surface area contributed by atoms with Gasteiger partial charge in [-0.3, -0.25) is 4.79 Å². The standard InChI is InChI=1S/C16H23NO3/c1-11-4-5-14(10-15(11)18)16(19)17(8-9-20-3)12(2)13-6-7-13/h4-5,10,12-13,18H,6-9H2,1-3H3. The molecule has 0 bridgehead atoms. The molecule has 2 rings (SSSR count). The molecule has 1 unspecified atom stereocenters. The SMILES string of the molecule is COCCN(C(=O)c1ccc(C)c(O)c1)C(C)C1CC1. The van der Waals surface area contributed by atoms with Crippen LogP contribution in [-0.2, 0) is 4.74 Å². The number of nitrogens with zero attached hydrogens (tertiary/aromatic N) is 1. The van der Waals surface area contributed by atoms with Crippen molar-refractivity contribution in [2.24, 2.45) is 5.92 Å². The summed E-state index contributed by atoms with van der Waals surface area (Å²) in [4.78, 5) is 14.5. The molecular weight excluding hydrogens is 254 g/mol. The van der Waals surface area contributed by atoms with E-state index in [1.807, 2.05) is 11.8 Å². The molecule has 1 aromatic rings. The second-order valence-electron chi connectivity index (χ2n) is 5.57. The van der Waals surface area contributed by atoms with Gasteiger partial charge in [-0.25, -0.2) is 0 Å². The van der Waals surface area contributed by atoms with Gasteiger partial charge in [-0.1, -0.05) is 6.07 Å². The first-order valence-corrected chi connectivity index (χ1v) is 7.14. The van der Waals surface area contributed by atoms with Gasteiger partial charge in [0, 0.05) is 25.3 Å². The van der Waals surface area contributed by atoms with Gasteiger partial charge in [0.1, 0.15) is 5.75 Å². The van der Waals surface area contributed by atoms with Gasteiger partial charge < -0.3 is 14.7 Å². The summed E-state index contributed by atoms with van der Waals surface area (Å²) in [5.41, 5.74) is 1.32. The number of aryl methyl sites for hydroxylation is 1. The quantitative estimate of drug-likeness (QED) is 0.869. The smallest absolute Gasteiger partial charge is 0.254 e. The number of methoxy groups -OCH3 is 1. The number of carbonyl (C=O) groups excluding carboxylic acids is 1. The second-order valence-corrected chi connectivity index (χ2v) is 5.57. The van der Waals surface area contributed by atoms with Gasteiger partial charge in [0.05, 0.1) is 6.61 Å². The van der Waals surface area contributed by atoms with E-state index in [2.05, 4.69) is 6.92 Å². The minimum absolute atomic E-state index is 0.0308. The third-order valence-electron chi connectivity index (χ3n) is 4.05. The van der Waals surface area contributed by atoms with Crippen LogP contribution in [0.4, 0.5) is 0 Å². The monoisotopic (exact) mass is 277 g/mol. The second kappa shape index (κ2) is 6.27. The molecule has 0 spiro atoms. The predicted octanol–water partition coefficient (Wildman–Crippen LogP) is 2.59. The maximum Gasteiger partial charge on any atom is 0.254 e. The van der Waals surface area contributed by atoms with Crippen LogP contribution in [0.3, 0.4) is 0 Å². The van der Waals surface area contributed by atoms with Crippen molar-refractivity contribution in [2.75, 3.05) is 20.3 Å². The topological polar surface area (TPSA) is 49.8 Å². The number of benzene rings is 1. The Balaban J connectivity index is 2.17. The normalized spacial score (nSPS) is 15.9. The summed E-state index contributed by atoms with van der Waals surface area (Å²) in [7, 11) is 1.64. The number of carbonyl (C=O) groups is 1. The Kier molecular flexibility index (Phi) is 4.65. The molecule has 0 saturated heterocycles. The maximum atomic E-state index is 12.6. The van der Waals surface area contributed by atoms with E-state index < -0.39 is 0 Å². The van der Waals surface area contributed by atoms with E-state index >= 15 is 0 Å². The van der Waals surface area contributed by atoms with Gasteiger partial charge in [-0.15, -0.1) is 0 Å². The summed E-state index contributed by atoms with van der Waals surface area (Å²) >= 11 is 0. The summed E-state index contributed by atoms with van der Waals surface area (Å²) in [6.45, 7) is 5.03. The van der Waals surface area contributed by atoms with E-state index in [9.17, 15) is 9.90 Å². The molecule has 4 heteroatoms. The molecule has 110 valence electrons. The van der Waals surface area contributed by atoms with Crippen molar-refractivity contribution in [3.05, 3.63) is 29.3 Å². The minimum atomic E-state index is -0.0308. The number of ether oxygens (including phenoxy) is 1.